The second kappa shape index (κ2) is 9.57. The second-order valence-corrected chi connectivity index (χ2v) is 4.62. The van der Waals surface area contributed by atoms with Crippen LogP contribution in [0.2, 0.25) is 0 Å². The number of pyridine rings is 1. The number of halogens is 1. The molecular formula is C18H20ClNO4. The van der Waals surface area contributed by atoms with Crippen molar-refractivity contribution in [3.63, 3.8) is 0 Å². The highest BCUT2D eigenvalue weighted by Gasteiger charge is 2.07. The molecule has 0 saturated heterocycles. The van der Waals surface area contributed by atoms with Crippen LogP contribution in [-0.2, 0) is 4.74 Å². The molecule has 0 amide bonds. The summed E-state index contributed by atoms with van der Waals surface area (Å²) in [6, 6.07) is 10.8. The van der Waals surface area contributed by atoms with Gasteiger partial charge in [-0.1, -0.05) is 18.2 Å². The van der Waals surface area contributed by atoms with Crippen LogP contribution in [0, 0.1) is 0 Å². The van der Waals surface area contributed by atoms with E-state index in [1.807, 2.05) is 36.4 Å². The minimum absolute atomic E-state index is 0. The topological polar surface area (TPSA) is 57.7 Å². The number of aromatic nitrogens is 1. The molecule has 0 aliphatic carbocycles. The summed E-state index contributed by atoms with van der Waals surface area (Å²) < 4.78 is 15.4. The molecule has 1 aromatic carbocycles. The number of hydrogen-bond donors (Lipinski definition) is 0. The van der Waals surface area contributed by atoms with E-state index in [-0.39, 0.29) is 12.4 Å². The van der Waals surface area contributed by atoms with E-state index in [4.69, 9.17) is 14.2 Å². The van der Waals surface area contributed by atoms with Crippen LogP contribution in [-0.4, -0.2) is 31.8 Å². The van der Waals surface area contributed by atoms with Gasteiger partial charge in [-0.05, 0) is 42.8 Å². The van der Waals surface area contributed by atoms with Crippen LogP contribution in [0.1, 0.15) is 28.7 Å². The number of hydrogen-bond acceptors (Lipinski definition) is 5. The first kappa shape index (κ1) is 19.5. The number of benzene rings is 1. The summed E-state index contributed by atoms with van der Waals surface area (Å²) in [7, 11) is 3.19. The van der Waals surface area contributed by atoms with Gasteiger partial charge < -0.3 is 14.2 Å². The van der Waals surface area contributed by atoms with Crippen molar-refractivity contribution in [1.82, 2.24) is 4.98 Å². The van der Waals surface area contributed by atoms with Crippen molar-refractivity contribution in [2.24, 2.45) is 0 Å². The van der Waals surface area contributed by atoms with Crippen molar-refractivity contribution < 1.29 is 19.0 Å². The maximum Gasteiger partial charge on any atom is 0.356 e. The van der Waals surface area contributed by atoms with Crippen LogP contribution in [0.5, 0.6) is 11.5 Å². The van der Waals surface area contributed by atoms with Crippen LogP contribution in [0.4, 0.5) is 0 Å². The van der Waals surface area contributed by atoms with Crippen LogP contribution in [0.15, 0.2) is 36.4 Å². The summed E-state index contributed by atoms with van der Waals surface area (Å²) >= 11 is 0. The van der Waals surface area contributed by atoms with E-state index in [0.29, 0.717) is 29.5 Å². The maximum absolute atomic E-state index is 11.7. The third-order valence-corrected chi connectivity index (χ3v) is 3.11. The van der Waals surface area contributed by atoms with E-state index in [1.54, 1.807) is 33.3 Å². The average Bonchev–Trinajstić information content (AvgIpc) is 2.60. The first-order chi connectivity index (χ1) is 11.2. The lowest BCUT2D eigenvalue weighted by molar-refractivity contribution is 0.0519. The van der Waals surface area contributed by atoms with Crippen LogP contribution < -0.4 is 9.47 Å². The van der Waals surface area contributed by atoms with Crippen LogP contribution in [0.3, 0.4) is 0 Å². The summed E-state index contributed by atoms with van der Waals surface area (Å²) in [6.07, 6.45) is 3.71. The molecule has 0 aliphatic rings. The first-order valence-corrected chi connectivity index (χ1v) is 7.22. The predicted octanol–water partition coefficient (Wildman–Crippen LogP) is 3.87. The van der Waals surface area contributed by atoms with Gasteiger partial charge in [0.25, 0.3) is 0 Å². The molecule has 2 aromatic rings. The Morgan fingerprint density at radius 1 is 1.08 bits per heavy atom. The summed E-state index contributed by atoms with van der Waals surface area (Å²) in [4.78, 5) is 16.0. The minimum atomic E-state index is -0.422. The zero-order valence-electron chi connectivity index (χ0n) is 13.8. The predicted molar refractivity (Wildman–Crippen MR) is 95.9 cm³/mol. The Labute approximate surface area is 147 Å². The molecule has 1 heterocycles. The number of rotatable bonds is 6. The maximum atomic E-state index is 11.7. The minimum Gasteiger partial charge on any atom is -0.493 e. The van der Waals surface area contributed by atoms with Crippen molar-refractivity contribution >= 4 is 30.5 Å². The normalized spacial score (nSPS) is 10.1. The zero-order chi connectivity index (χ0) is 16.7. The largest absolute Gasteiger partial charge is 0.493 e. The Hall–Kier alpha value is -2.53. The van der Waals surface area contributed by atoms with Gasteiger partial charge in [0.2, 0.25) is 0 Å². The molecule has 1 aromatic heterocycles. The highest BCUT2D eigenvalue weighted by Crippen LogP contribution is 2.28. The fourth-order valence-electron chi connectivity index (χ4n) is 2.00. The molecule has 0 atom stereocenters. The van der Waals surface area contributed by atoms with E-state index in [1.165, 1.54) is 0 Å². The van der Waals surface area contributed by atoms with Crippen molar-refractivity contribution in [2.75, 3.05) is 20.8 Å². The van der Waals surface area contributed by atoms with Crippen LogP contribution in [0.25, 0.3) is 12.2 Å². The number of carbonyl (C=O) groups is 1. The van der Waals surface area contributed by atoms with E-state index in [9.17, 15) is 4.79 Å². The Balaban J connectivity index is 0.00000288. The lowest BCUT2D eigenvalue weighted by Gasteiger charge is -2.07. The van der Waals surface area contributed by atoms with E-state index < -0.39 is 5.97 Å². The van der Waals surface area contributed by atoms with Crippen molar-refractivity contribution in [3.05, 3.63) is 53.3 Å². The van der Waals surface area contributed by atoms with Gasteiger partial charge in [-0.2, -0.15) is 0 Å². The highest BCUT2D eigenvalue weighted by atomic mass is 35.5. The number of esters is 1. The SMILES string of the molecule is CCOC(=O)c1cccc(C=Cc2ccc(OC)c(OC)c2)n1.Cl. The average molecular weight is 350 g/mol. The van der Waals surface area contributed by atoms with Crippen molar-refractivity contribution in [2.45, 2.75) is 6.92 Å². The van der Waals surface area contributed by atoms with Gasteiger partial charge in [-0.25, -0.2) is 9.78 Å². The summed E-state index contributed by atoms with van der Waals surface area (Å²) in [5, 5.41) is 0. The summed E-state index contributed by atoms with van der Waals surface area (Å²) in [5.74, 6) is 0.906. The molecule has 128 valence electrons. The van der Waals surface area contributed by atoms with Gasteiger partial charge in [0.1, 0.15) is 5.69 Å². The molecule has 2 rings (SSSR count). The number of carbonyl (C=O) groups excluding carboxylic acids is 1. The lowest BCUT2D eigenvalue weighted by Crippen LogP contribution is -2.07. The van der Waals surface area contributed by atoms with Crippen molar-refractivity contribution in [1.29, 1.82) is 0 Å². The molecule has 0 saturated carbocycles. The van der Waals surface area contributed by atoms with E-state index in [0.717, 1.165) is 5.56 Å². The van der Waals surface area contributed by atoms with Gasteiger partial charge in [0.05, 0.1) is 26.5 Å². The van der Waals surface area contributed by atoms with Gasteiger partial charge >= 0.3 is 5.97 Å². The molecule has 24 heavy (non-hydrogen) atoms. The fraction of sp³-hybridized carbons (Fsp3) is 0.222. The Morgan fingerprint density at radius 3 is 2.50 bits per heavy atom. The molecule has 0 aliphatic heterocycles. The highest BCUT2D eigenvalue weighted by molar-refractivity contribution is 5.87. The lowest BCUT2D eigenvalue weighted by atomic mass is 10.1. The molecule has 6 heteroatoms. The Kier molecular flexibility index (Phi) is 7.79. The molecule has 0 radical (unpaired) electrons. The van der Waals surface area contributed by atoms with Crippen LogP contribution >= 0.6 is 12.4 Å². The third-order valence-electron chi connectivity index (χ3n) is 3.11. The quantitative estimate of drug-likeness (QED) is 0.741. The number of nitrogens with zero attached hydrogens (tertiary/aromatic N) is 1. The third kappa shape index (κ3) is 4.99. The molecule has 0 spiro atoms. The fourth-order valence-corrected chi connectivity index (χ4v) is 2.00. The zero-order valence-corrected chi connectivity index (χ0v) is 14.6. The summed E-state index contributed by atoms with van der Waals surface area (Å²) in [6.45, 7) is 2.09. The second-order valence-electron chi connectivity index (χ2n) is 4.62. The van der Waals surface area contributed by atoms with Gasteiger partial charge in [0.15, 0.2) is 11.5 Å². The van der Waals surface area contributed by atoms with E-state index in [2.05, 4.69) is 4.98 Å². The molecule has 0 fully saturated rings. The molecule has 0 N–H and O–H groups in total. The smallest absolute Gasteiger partial charge is 0.356 e. The van der Waals surface area contributed by atoms with Gasteiger partial charge in [0, 0.05) is 0 Å². The van der Waals surface area contributed by atoms with E-state index >= 15 is 0 Å². The van der Waals surface area contributed by atoms with Crippen molar-refractivity contribution in [3.8, 4) is 11.5 Å². The first-order valence-electron chi connectivity index (χ1n) is 7.22. The summed E-state index contributed by atoms with van der Waals surface area (Å²) in [5.41, 5.74) is 1.90. The molecular weight excluding hydrogens is 330 g/mol. The van der Waals surface area contributed by atoms with Gasteiger partial charge in [-0.15, -0.1) is 12.4 Å². The molecule has 0 unspecified atom stereocenters. The standard InChI is InChI=1S/C18H19NO4.ClH/c1-4-23-18(20)15-7-5-6-14(19-15)10-8-13-9-11-16(21-2)17(12-13)22-3;/h5-12H,4H2,1-3H3;1H. The number of ether oxygens (including phenoxy) is 3. The number of methoxy groups -OCH3 is 2. The Morgan fingerprint density at radius 2 is 1.83 bits per heavy atom. The molecule has 5 nitrogen and oxygen atoms in total. The molecule has 0 bridgehead atoms. The van der Waals surface area contributed by atoms with Gasteiger partial charge in [-0.3, -0.25) is 0 Å². The monoisotopic (exact) mass is 349 g/mol. The Bertz CT molecular complexity index is 716.